The largest absolute Gasteiger partial charge is 0.379 e. The number of hydrogen-bond donors (Lipinski definition) is 2. The summed E-state index contributed by atoms with van der Waals surface area (Å²) in [6.45, 7) is 7.89. The van der Waals surface area contributed by atoms with Crippen LogP contribution in [-0.2, 0) is 4.74 Å². The lowest BCUT2D eigenvalue weighted by atomic mass is 9.99. The van der Waals surface area contributed by atoms with Crippen LogP contribution in [0.25, 0.3) is 0 Å². The smallest absolute Gasteiger partial charge is 0.191 e. The van der Waals surface area contributed by atoms with Gasteiger partial charge in [-0.25, -0.2) is 0 Å². The fourth-order valence-electron chi connectivity index (χ4n) is 3.87. The van der Waals surface area contributed by atoms with Crippen molar-refractivity contribution in [3.8, 4) is 0 Å². The molecule has 2 unspecified atom stereocenters. The van der Waals surface area contributed by atoms with Crippen LogP contribution in [0.5, 0.6) is 0 Å². The fourth-order valence-corrected chi connectivity index (χ4v) is 4.74. The Hall–Kier alpha value is -1.15. The van der Waals surface area contributed by atoms with Crippen LogP contribution in [0.3, 0.4) is 0 Å². The summed E-state index contributed by atoms with van der Waals surface area (Å²) >= 11 is 1.83. The minimum Gasteiger partial charge on any atom is -0.379 e. The molecule has 2 fully saturated rings. The lowest BCUT2D eigenvalue weighted by Gasteiger charge is -2.34. The van der Waals surface area contributed by atoms with Crippen molar-refractivity contribution in [2.45, 2.75) is 18.9 Å². The van der Waals surface area contributed by atoms with E-state index < -0.39 is 0 Å². The van der Waals surface area contributed by atoms with Crippen LogP contribution in [-0.4, -0.2) is 82.3 Å². The standard InChI is InChI=1S/C19H33N5OS/c1-20-19(21-13-16-5-3-7-23(2)15-16)22-14-17(18-6-4-12-26-18)24-8-10-25-11-9-24/h4,6,12,16-17H,3,5,7-11,13-15H2,1-2H3,(H2,20,21,22). The van der Waals surface area contributed by atoms with Crippen LogP contribution in [0.4, 0.5) is 0 Å². The quantitative estimate of drug-likeness (QED) is 0.581. The first-order valence-electron chi connectivity index (χ1n) is 9.74. The van der Waals surface area contributed by atoms with Crippen LogP contribution in [0.15, 0.2) is 22.5 Å². The zero-order valence-corrected chi connectivity index (χ0v) is 16.9. The van der Waals surface area contributed by atoms with Crippen LogP contribution in [0, 0.1) is 5.92 Å². The average molecular weight is 380 g/mol. The van der Waals surface area contributed by atoms with Gasteiger partial charge in [-0.3, -0.25) is 9.89 Å². The summed E-state index contributed by atoms with van der Waals surface area (Å²) in [6.07, 6.45) is 2.60. The maximum Gasteiger partial charge on any atom is 0.191 e. The number of morpholine rings is 1. The topological polar surface area (TPSA) is 52.1 Å². The molecule has 0 bridgehead atoms. The molecule has 2 saturated heterocycles. The van der Waals surface area contributed by atoms with Gasteiger partial charge in [0.1, 0.15) is 0 Å². The third-order valence-corrected chi connectivity index (χ3v) is 6.30. The van der Waals surface area contributed by atoms with Crippen LogP contribution in [0.2, 0.25) is 0 Å². The number of guanidine groups is 1. The molecular formula is C19H33N5OS. The first kappa shape index (κ1) is 19.6. The third kappa shape index (κ3) is 5.67. The summed E-state index contributed by atoms with van der Waals surface area (Å²) in [7, 11) is 4.07. The van der Waals surface area contributed by atoms with E-state index >= 15 is 0 Å². The van der Waals surface area contributed by atoms with Crippen molar-refractivity contribution in [1.82, 2.24) is 20.4 Å². The lowest BCUT2D eigenvalue weighted by molar-refractivity contribution is 0.0177. The second kappa shape index (κ2) is 10.3. The number of aliphatic imine (C=N–C) groups is 1. The number of nitrogens with zero attached hydrogens (tertiary/aromatic N) is 3. The Morgan fingerprint density at radius 1 is 1.35 bits per heavy atom. The maximum atomic E-state index is 5.53. The summed E-state index contributed by atoms with van der Waals surface area (Å²) in [4.78, 5) is 10.8. The first-order chi connectivity index (χ1) is 12.8. The first-order valence-corrected chi connectivity index (χ1v) is 10.6. The summed E-state index contributed by atoms with van der Waals surface area (Å²) in [5, 5.41) is 9.25. The van der Waals surface area contributed by atoms with Crippen molar-refractivity contribution in [1.29, 1.82) is 0 Å². The van der Waals surface area contributed by atoms with Crippen LogP contribution >= 0.6 is 11.3 Å². The van der Waals surface area contributed by atoms with Crippen molar-refractivity contribution >= 4 is 17.3 Å². The molecule has 7 heteroatoms. The summed E-state index contributed by atoms with van der Waals surface area (Å²) in [6, 6.07) is 4.75. The van der Waals surface area contributed by atoms with E-state index in [1.807, 2.05) is 18.4 Å². The van der Waals surface area contributed by atoms with E-state index in [-0.39, 0.29) is 0 Å². The van der Waals surface area contributed by atoms with E-state index in [0.29, 0.717) is 12.0 Å². The molecule has 0 spiro atoms. The predicted molar refractivity (Wildman–Crippen MR) is 109 cm³/mol. The molecule has 146 valence electrons. The van der Waals surface area contributed by atoms with Gasteiger partial charge in [0.15, 0.2) is 5.96 Å². The molecule has 0 radical (unpaired) electrons. The highest BCUT2D eigenvalue weighted by Crippen LogP contribution is 2.25. The molecule has 1 aromatic heterocycles. The Morgan fingerprint density at radius 2 is 2.19 bits per heavy atom. The Balaban J connectivity index is 1.51. The molecule has 0 amide bonds. The predicted octanol–water partition coefficient (Wildman–Crippen LogP) is 1.63. The van der Waals surface area contributed by atoms with Gasteiger partial charge in [0.2, 0.25) is 0 Å². The van der Waals surface area contributed by atoms with E-state index in [0.717, 1.165) is 45.4 Å². The Morgan fingerprint density at radius 3 is 2.88 bits per heavy atom. The summed E-state index contributed by atoms with van der Waals surface area (Å²) in [5.41, 5.74) is 0. The molecule has 3 heterocycles. The summed E-state index contributed by atoms with van der Waals surface area (Å²) in [5.74, 6) is 1.62. The van der Waals surface area contributed by atoms with Gasteiger partial charge in [0, 0.05) is 44.6 Å². The van der Waals surface area contributed by atoms with E-state index in [2.05, 4.69) is 50.0 Å². The molecule has 2 aliphatic heterocycles. The molecule has 0 aliphatic carbocycles. The van der Waals surface area contributed by atoms with Crippen molar-refractivity contribution < 1.29 is 4.74 Å². The number of likely N-dealkylation sites (tertiary alicyclic amines) is 1. The highest BCUT2D eigenvalue weighted by atomic mass is 32.1. The second-order valence-corrected chi connectivity index (χ2v) is 8.26. The van der Waals surface area contributed by atoms with Gasteiger partial charge in [0.25, 0.3) is 0 Å². The number of nitrogens with one attached hydrogen (secondary N) is 2. The SMILES string of the molecule is CN=C(NCC1CCCN(C)C1)NCC(c1cccs1)N1CCOCC1. The normalized spacial score (nSPS) is 24.4. The monoisotopic (exact) mass is 379 g/mol. The molecule has 2 aliphatic rings. The van der Waals surface area contributed by atoms with Crippen molar-refractivity contribution in [3.63, 3.8) is 0 Å². The molecule has 0 saturated carbocycles. The number of rotatable bonds is 6. The fraction of sp³-hybridized carbons (Fsp3) is 0.737. The molecule has 0 aromatic carbocycles. The Bertz CT molecular complexity index is 544. The average Bonchev–Trinajstić information content (AvgIpc) is 3.20. The minimum atomic E-state index is 0.373. The van der Waals surface area contributed by atoms with Gasteiger partial charge in [-0.05, 0) is 43.8 Å². The highest BCUT2D eigenvalue weighted by Gasteiger charge is 2.24. The molecule has 26 heavy (non-hydrogen) atoms. The molecule has 2 N–H and O–H groups in total. The van der Waals surface area contributed by atoms with E-state index in [9.17, 15) is 0 Å². The number of ether oxygens (including phenoxy) is 1. The van der Waals surface area contributed by atoms with Crippen molar-refractivity contribution in [2.75, 3.05) is 66.6 Å². The van der Waals surface area contributed by atoms with Crippen molar-refractivity contribution in [2.24, 2.45) is 10.9 Å². The summed E-state index contributed by atoms with van der Waals surface area (Å²) < 4.78 is 5.53. The highest BCUT2D eigenvalue weighted by molar-refractivity contribution is 7.10. The van der Waals surface area contributed by atoms with E-state index in [1.165, 1.54) is 30.8 Å². The third-order valence-electron chi connectivity index (χ3n) is 5.32. The van der Waals surface area contributed by atoms with Crippen molar-refractivity contribution in [3.05, 3.63) is 22.4 Å². The number of piperidine rings is 1. The van der Waals surface area contributed by atoms with Gasteiger partial charge < -0.3 is 20.3 Å². The van der Waals surface area contributed by atoms with Gasteiger partial charge in [-0.1, -0.05) is 6.07 Å². The Labute approximate surface area is 161 Å². The minimum absolute atomic E-state index is 0.373. The number of thiophene rings is 1. The van der Waals surface area contributed by atoms with Gasteiger partial charge >= 0.3 is 0 Å². The zero-order valence-electron chi connectivity index (χ0n) is 16.1. The zero-order chi connectivity index (χ0) is 18.2. The van der Waals surface area contributed by atoms with Gasteiger partial charge in [-0.15, -0.1) is 11.3 Å². The van der Waals surface area contributed by atoms with E-state index in [1.54, 1.807) is 0 Å². The van der Waals surface area contributed by atoms with Crippen LogP contribution < -0.4 is 10.6 Å². The van der Waals surface area contributed by atoms with E-state index in [4.69, 9.17) is 4.74 Å². The van der Waals surface area contributed by atoms with Gasteiger partial charge in [0.05, 0.1) is 19.3 Å². The Kier molecular flexibility index (Phi) is 7.73. The maximum absolute atomic E-state index is 5.53. The molecule has 2 atom stereocenters. The van der Waals surface area contributed by atoms with Crippen LogP contribution in [0.1, 0.15) is 23.8 Å². The molecular weight excluding hydrogens is 346 g/mol. The lowest BCUT2D eigenvalue weighted by Crippen LogP contribution is -2.47. The molecule has 6 nitrogen and oxygen atoms in total. The number of hydrogen-bond acceptors (Lipinski definition) is 5. The molecule has 1 aromatic rings. The van der Waals surface area contributed by atoms with Gasteiger partial charge in [-0.2, -0.15) is 0 Å². The molecule has 3 rings (SSSR count). The second-order valence-electron chi connectivity index (χ2n) is 7.28.